The summed E-state index contributed by atoms with van der Waals surface area (Å²) in [5, 5.41) is 6.29. The van der Waals surface area contributed by atoms with Crippen molar-refractivity contribution in [3.63, 3.8) is 0 Å². The summed E-state index contributed by atoms with van der Waals surface area (Å²) in [5.41, 5.74) is 0.372. The fourth-order valence-corrected chi connectivity index (χ4v) is 3.95. The zero-order valence-electron chi connectivity index (χ0n) is 16.5. The van der Waals surface area contributed by atoms with E-state index >= 15 is 0 Å². The van der Waals surface area contributed by atoms with Crippen LogP contribution < -0.4 is 15.4 Å². The number of nitrogens with one attached hydrogen (secondary N) is 2. The van der Waals surface area contributed by atoms with Gasteiger partial charge in [0.25, 0.3) is 0 Å². The first-order valence-corrected chi connectivity index (χ1v) is 9.95. The van der Waals surface area contributed by atoms with Crippen molar-refractivity contribution in [2.75, 3.05) is 20.1 Å². The van der Waals surface area contributed by atoms with E-state index in [-0.39, 0.29) is 30.2 Å². The van der Waals surface area contributed by atoms with Crippen LogP contribution in [0.5, 0.6) is 5.75 Å². The zero-order valence-corrected chi connectivity index (χ0v) is 16.5. The highest BCUT2D eigenvalue weighted by Gasteiger charge is 2.33. The van der Waals surface area contributed by atoms with E-state index in [9.17, 15) is 18.0 Å². The molecule has 1 heterocycles. The fraction of sp³-hybridized carbons (Fsp3) is 0.600. The number of carbonyl (C=O) groups is 1. The third-order valence-corrected chi connectivity index (χ3v) is 5.41. The van der Waals surface area contributed by atoms with Gasteiger partial charge in [-0.15, -0.1) is 13.2 Å². The van der Waals surface area contributed by atoms with Gasteiger partial charge in [-0.3, -0.25) is 9.79 Å². The average Bonchev–Trinajstić information content (AvgIpc) is 3.36. The highest BCUT2D eigenvalue weighted by Crippen LogP contribution is 2.28. The monoisotopic (exact) mass is 412 g/mol. The number of guanidine groups is 1. The number of carbonyl (C=O) groups excluding carboxylic acids is 1. The number of halogens is 3. The summed E-state index contributed by atoms with van der Waals surface area (Å²) >= 11 is 0. The molecule has 2 fully saturated rings. The number of hydrogen-bond acceptors (Lipinski definition) is 3. The molecule has 1 aromatic rings. The first-order chi connectivity index (χ1) is 13.9. The number of para-hydroxylation sites is 1. The number of alkyl halides is 3. The van der Waals surface area contributed by atoms with Crippen LogP contribution in [0, 0.1) is 5.92 Å². The van der Waals surface area contributed by atoms with Crippen LogP contribution in [0.2, 0.25) is 0 Å². The maximum atomic E-state index is 12.6. The Bertz CT molecular complexity index is 733. The van der Waals surface area contributed by atoms with Crippen LogP contribution in [-0.2, 0) is 11.3 Å². The van der Waals surface area contributed by atoms with E-state index < -0.39 is 6.36 Å². The van der Waals surface area contributed by atoms with Crippen LogP contribution in [0.15, 0.2) is 29.3 Å². The molecule has 0 bridgehead atoms. The molecule has 1 aliphatic carbocycles. The molecule has 160 valence electrons. The molecule has 29 heavy (non-hydrogen) atoms. The molecule has 0 aromatic heterocycles. The number of amides is 1. The second kappa shape index (κ2) is 9.37. The predicted molar refractivity (Wildman–Crippen MR) is 103 cm³/mol. The SMILES string of the molecule is CN=C(NCc1ccccc1OC(F)(F)F)NC1CCN(C(=O)C2CCCC2)C1. The van der Waals surface area contributed by atoms with Crippen molar-refractivity contribution in [3.05, 3.63) is 29.8 Å². The summed E-state index contributed by atoms with van der Waals surface area (Å²) < 4.78 is 41.8. The summed E-state index contributed by atoms with van der Waals surface area (Å²) in [4.78, 5) is 18.6. The van der Waals surface area contributed by atoms with Crippen LogP contribution in [0.25, 0.3) is 0 Å². The van der Waals surface area contributed by atoms with Crippen molar-refractivity contribution in [1.82, 2.24) is 15.5 Å². The normalized spacial score (nSPS) is 20.8. The molecule has 1 atom stereocenters. The van der Waals surface area contributed by atoms with E-state index in [1.54, 1.807) is 19.2 Å². The van der Waals surface area contributed by atoms with E-state index in [4.69, 9.17) is 0 Å². The van der Waals surface area contributed by atoms with Crippen LogP contribution in [0.1, 0.15) is 37.7 Å². The molecule has 1 aliphatic heterocycles. The largest absolute Gasteiger partial charge is 0.573 e. The minimum Gasteiger partial charge on any atom is -0.405 e. The number of hydrogen-bond donors (Lipinski definition) is 2. The van der Waals surface area contributed by atoms with Gasteiger partial charge in [-0.05, 0) is 25.3 Å². The molecule has 9 heteroatoms. The van der Waals surface area contributed by atoms with Crippen LogP contribution in [0.4, 0.5) is 13.2 Å². The number of rotatable bonds is 5. The molecular formula is C20H27F3N4O2. The van der Waals surface area contributed by atoms with E-state index in [0.717, 1.165) is 32.1 Å². The lowest BCUT2D eigenvalue weighted by Crippen LogP contribution is -2.45. The Morgan fingerprint density at radius 1 is 1.24 bits per heavy atom. The Kier molecular flexibility index (Phi) is 6.87. The van der Waals surface area contributed by atoms with E-state index in [1.165, 1.54) is 12.1 Å². The Morgan fingerprint density at radius 2 is 1.97 bits per heavy atom. The summed E-state index contributed by atoms with van der Waals surface area (Å²) in [7, 11) is 1.60. The molecular weight excluding hydrogens is 385 g/mol. The van der Waals surface area contributed by atoms with Gasteiger partial charge in [-0.1, -0.05) is 31.0 Å². The maximum absolute atomic E-state index is 12.6. The van der Waals surface area contributed by atoms with Gasteiger partial charge in [0.2, 0.25) is 5.91 Å². The number of ether oxygens (including phenoxy) is 1. The molecule has 1 saturated carbocycles. The first-order valence-electron chi connectivity index (χ1n) is 9.95. The predicted octanol–water partition coefficient (Wildman–Crippen LogP) is 3.04. The molecule has 6 nitrogen and oxygen atoms in total. The van der Waals surface area contributed by atoms with Gasteiger partial charge in [0.15, 0.2) is 5.96 Å². The second-order valence-electron chi connectivity index (χ2n) is 7.48. The Morgan fingerprint density at radius 3 is 2.66 bits per heavy atom. The van der Waals surface area contributed by atoms with Crippen molar-refractivity contribution in [2.24, 2.45) is 10.9 Å². The molecule has 0 spiro atoms. The molecule has 0 radical (unpaired) electrons. The minimum absolute atomic E-state index is 0.0632. The van der Waals surface area contributed by atoms with Crippen molar-refractivity contribution in [1.29, 1.82) is 0 Å². The fourth-order valence-electron chi connectivity index (χ4n) is 3.95. The zero-order chi connectivity index (χ0) is 20.9. The summed E-state index contributed by atoms with van der Waals surface area (Å²) in [5.74, 6) is 0.647. The smallest absolute Gasteiger partial charge is 0.405 e. The lowest BCUT2D eigenvalue weighted by Gasteiger charge is -2.21. The second-order valence-corrected chi connectivity index (χ2v) is 7.48. The lowest BCUT2D eigenvalue weighted by molar-refractivity contribution is -0.274. The molecule has 2 aliphatic rings. The molecule has 3 rings (SSSR count). The minimum atomic E-state index is -4.74. The standard InChI is InChI=1S/C20H27F3N4O2/c1-24-19(25-12-15-8-4-5-9-17(15)29-20(21,22)23)26-16-10-11-27(13-16)18(28)14-6-2-3-7-14/h4-5,8-9,14,16H,2-3,6-7,10-13H2,1H3,(H2,24,25,26). The summed E-state index contributed by atoms with van der Waals surface area (Å²) in [6.07, 6.45) is 0.290. The molecule has 1 aromatic carbocycles. The van der Waals surface area contributed by atoms with Crippen LogP contribution in [0.3, 0.4) is 0 Å². The van der Waals surface area contributed by atoms with E-state index in [2.05, 4.69) is 20.4 Å². The summed E-state index contributed by atoms with van der Waals surface area (Å²) in [6, 6.07) is 6.06. The van der Waals surface area contributed by atoms with Gasteiger partial charge in [0.05, 0.1) is 0 Å². The van der Waals surface area contributed by atoms with Crippen molar-refractivity contribution in [2.45, 2.75) is 51.1 Å². The highest BCUT2D eigenvalue weighted by atomic mass is 19.4. The highest BCUT2D eigenvalue weighted by molar-refractivity contribution is 5.81. The quantitative estimate of drug-likeness (QED) is 0.576. The van der Waals surface area contributed by atoms with Crippen molar-refractivity contribution in [3.8, 4) is 5.75 Å². The average molecular weight is 412 g/mol. The Balaban J connectivity index is 1.51. The summed E-state index contributed by atoms with van der Waals surface area (Å²) in [6.45, 7) is 1.46. The van der Waals surface area contributed by atoms with E-state index in [0.29, 0.717) is 24.6 Å². The van der Waals surface area contributed by atoms with E-state index in [1.807, 2.05) is 4.90 Å². The van der Waals surface area contributed by atoms with Crippen molar-refractivity contribution < 1.29 is 22.7 Å². The van der Waals surface area contributed by atoms with Gasteiger partial charge in [0.1, 0.15) is 5.75 Å². The maximum Gasteiger partial charge on any atom is 0.573 e. The third kappa shape index (κ3) is 6.01. The van der Waals surface area contributed by atoms with Crippen LogP contribution in [-0.4, -0.2) is 49.3 Å². The lowest BCUT2D eigenvalue weighted by atomic mass is 10.1. The molecule has 1 amide bonds. The Hall–Kier alpha value is -2.45. The first kappa shape index (κ1) is 21.3. The molecule has 1 unspecified atom stereocenters. The van der Waals surface area contributed by atoms with Crippen molar-refractivity contribution >= 4 is 11.9 Å². The van der Waals surface area contributed by atoms with Gasteiger partial charge >= 0.3 is 6.36 Å². The van der Waals surface area contributed by atoms with Crippen LogP contribution >= 0.6 is 0 Å². The third-order valence-electron chi connectivity index (χ3n) is 5.41. The number of aliphatic imine (C=N–C) groups is 1. The topological polar surface area (TPSA) is 66.0 Å². The Labute approximate surface area is 168 Å². The number of nitrogens with zero attached hydrogens (tertiary/aromatic N) is 2. The number of benzene rings is 1. The van der Waals surface area contributed by atoms with Gasteiger partial charge in [-0.25, -0.2) is 0 Å². The van der Waals surface area contributed by atoms with Gasteiger partial charge in [0, 0.05) is 44.2 Å². The van der Waals surface area contributed by atoms with Gasteiger partial charge < -0.3 is 20.3 Å². The molecule has 1 saturated heterocycles. The molecule has 2 N–H and O–H groups in total. The van der Waals surface area contributed by atoms with Gasteiger partial charge in [-0.2, -0.15) is 0 Å². The number of likely N-dealkylation sites (tertiary alicyclic amines) is 1.